The van der Waals surface area contributed by atoms with Gasteiger partial charge in [-0.2, -0.15) is 0 Å². The fourth-order valence-corrected chi connectivity index (χ4v) is 2.44. The molecular formula is C15H26N2O2. The van der Waals surface area contributed by atoms with Gasteiger partial charge < -0.3 is 9.47 Å². The van der Waals surface area contributed by atoms with E-state index < -0.39 is 0 Å². The molecule has 0 fully saturated rings. The molecule has 4 heteroatoms. The summed E-state index contributed by atoms with van der Waals surface area (Å²) in [6.45, 7) is 5.89. The topological polar surface area (TPSA) is 43.2 Å². The van der Waals surface area contributed by atoms with Gasteiger partial charge in [0.1, 0.15) is 13.2 Å². The first-order valence-electron chi connectivity index (χ1n) is 7.70. The standard InChI is InChI=1S/C15H26N2O2/c1-3-5-7-12-10-18-14(16-12)9-15-17-13(11-19-15)8-6-4-2/h12-13H,3-11H2,1-2H3/t12-,13-/m0/s1. The van der Waals surface area contributed by atoms with Gasteiger partial charge in [-0.05, 0) is 12.8 Å². The molecule has 0 aromatic carbocycles. The molecule has 108 valence electrons. The molecule has 0 aromatic rings. The third-order valence-electron chi connectivity index (χ3n) is 3.62. The zero-order valence-electron chi connectivity index (χ0n) is 12.2. The summed E-state index contributed by atoms with van der Waals surface area (Å²) in [4.78, 5) is 9.22. The smallest absolute Gasteiger partial charge is 0.193 e. The predicted octanol–water partition coefficient (Wildman–Crippen LogP) is 3.35. The van der Waals surface area contributed by atoms with Crippen LogP contribution in [0.4, 0.5) is 0 Å². The average Bonchev–Trinajstić information content (AvgIpc) is 3.04. The molecule has 0 aromatic heterocycles. The summed E-state index contributed by atoms with van der Waals surface area (Å²) in [5, 5.41) is 0. The van der Waals surface area contributed by atoms with E-state index in [9.17, 15) is 0 Å². The lowest BCUT2D eigenvalue weighted by molar-refractivity contribution is 0.292. The molecule has 0 spiro atoms. The molecular weight excluding hydrogens is 240 g/mol. The van der Waals surface area contributed by atoms with Gasteiger partial charge in [0.05, 0.1) is 18.5 Å². The van der Waals surface area contributed by atoms with Crippen molar-refractivity contribution in [3.8, 4) is 0 Å². The van der Waals surface area contributed by atoms with Gasteiger partial charge in [0, 0.05) is 0 Å². The lowest BCUT2D eigenvalue weighted by atomic mass is 10.1. The maximum Gasteiger partial charge on any atom is 0.193 e. The van der Waals surface area contributed by atoms with Gasteiger partial charge in [-0.3, -0.25) is 0 Å². The van der Waals surface area contributed by atoms with Crippen LogP contribution >= 0.6 is 0 Å². The average molecular weight is 266 g/mol. The van der Waals surface area contributed by atoms with Crippen LogP contribution in [0.2, 0.25) is 0 Å². The zero-order valence-corrected chi connectivity index (χ0v) is 12.2. The van der Waals surface area contributed by atoms with Crippen LogP contribution < -0.4 is 0 Å². The lowest BCUT2D eigenvalue weighted by Gasteiger charge is -2.02. The molecule has 19 heavy (non-hydrogen) atoms. The summed E-state index contributed by atoms with van der Waals surface area (Å²) >= 11 is 0. The van der Waals surface area contributed by atoms with E-state index in [4.69, 9.17) is 9.47 Å². The molecule has 0 N–H and O–H groups in total. The van der Waals surface area contributed by atoms with Crippen molar-refractivity contribution in [2.75, 3.05) is 13.2 Å². The van der Waals surface area contributed by atoms with Crippen LogP contribution in [0, 0.1) is 0 Å². The van der Waals surface area contributed by atoms with Crippen LogP contribution in [0.1, 0.15) is 58.8 Å². The highest BCUT2D eigenvalue weighted by Gasteiger charge is 2.24. The normalized spacial score (nSPS) is 25.8. The largest absolute Gasteiger partial charge is 0.478 e. The number of hydrogen-bond acceptors (Lipinski definition) is 4. The van der Waals surface area contributed by atoms with Crippen LogP contribution in [0.3, 0.4) is 0 Å². The monoisotopic (exact) mass is 266 g/mol. The van der Waals surface area contributed by atoms with Gasteiger partial charge in [-0.15, -0.1) is 0 Å². The first-order valence-corrected chi connectivity index (χ1v) is 7.70. The van der Waals surface area contributed by atoms with Crippen molar-refractivity contribution in [3.63, 3.8) is 0 Å². The third-order valence-corrected chi connectivity index (χ3v) is 3.62. The molecule has 0 radical (unpaired) electrons. The van der Waals surface area contributed by atoms with Crippen LogP contribution in [0.15, 0.2) is 9.98 Å². The number of hydrogen-bond donors (Lipinski definition) is 0. The lowest BCUT2D eigenvalue weighted by Crippen LogP contribution is -2.09. The van der Waals surface area contributed by atoms with Crippen LogP contribution in [0.25, 0.3) is 0 Å². The van der Waals surface area contributed by atoms with Crippen molar-refractivity contribution in [1.82, 2.24) is 0 Å². The Hall–Kier alpha value is -1.06. The first-order chi connectivity index (χ1) is 9.31. The van der Waals surface area contributed by atoms with Gasteiger partial charge in [0.15, 0.2) is 11.8 Å². The Morgan fingerprint density at radius 2 is 1.37 bits per heavy atom. The summed E-state index contributed by atoms with van der Waals surface area (Å²) in [5.74, 6) is 1.63. The van der Waals surface area contributed by atoms with Crippen molar-refractivity contribution >= 4 is 11.8 Å². The van der Waals surface area contributed by atoms with E-state index in [2.05, 4.69) is 23.8 Å². The predicted molar refractivity (Wildman–Crippen MR) is 78.0 cm³/mol. The Balaban J connectivity index is 1.76. The molecule has 2 heterocycles. The maximum atomic E-state index is 5.63. The summed E-state index contributed by atoms with van der Waals surface area (Å²) < 4.78 is 11.3. The molecule has 0 saturated heterocycles. The van der Waals surface area contributed by atoms with E-state index >= 15 is 0 Å². The minimum absolute atomic E-state index is 0.354. The van der Waals surface area contributed by atoms with E-state index in [0.29, 0.717) is 18.5 Å². The van der Waals surface area contributed by atoms with Gasteiger partial charge >= 0.3 is 0 Å². The molecule has 0 amide bonds. The Bertz CT molecular complexity index is 307. The first kappa shape index (κ1) is 14.4. The maximum absolute atomic E-state index is 5.63. The Kier molecular flexibility index (Phi) is 5.67. The van der Waals surface area contributed by atoms with E-state index in [1.54, 1.807) is 0 Å². The van der Waals surface area contributed by atoms with Crippen LogP contribution in [0.5, 0.6) is 0 Å². The van der Waals surface area contributed by atoms with Gasteiger partial charge in [-0.1, -0.05) is 39.5 Å². The fraction of sp³-hybridized carbons (Fsp3) is 0.867. The molecule has 4 nitrogen and oxygen atoms in total. The number of aliphatic imine (C=N–C) groups is 2. The molecule has 2 atom stereocenters. The zero-order chi connectivity index (χ0) is 13.5. The van der Waals surface area contributed by atoms with Gasteiger partial charge in [0.2, 0.25) is 0 Å². The second-order valence-corrected chi connectivity index (χ2v) is 5.44. The highest BCUT2D eigenvalue weighted by Crippen LogP contribution is 2.17. The Labute approximate surface area is 116 Å². The summed E-state index contributed by atoms with van der Waals surface area (Å²) in [6, 6.07) is 0.709. The Morgan fingerprint density at radius 1 is 0.895 bits per heavy atom. The summed E-state index contributed by atoms with van der Waals surface area (Å²) in [5.41, 5.74) is 0. The highest BCUT2D eigenvalue weighted by molar-refractivity contribution is 5.98. The number of nitrogens with zero attached hydrogens (tertiary/aromatic N) is 2. The number of unbranched alkanes of at least 4 members (excludes halogenated alkanes) is 2. The SMILES string of the molecule is CCCC[C@H]1COC(CC2=N[C@@H](CCCC)CO2)=N1. The fourth-order valence-electron chi connectivity index (χ4n) is 2.44. The molecule has 2 rings (SSSR count). The summed E-state index contributed by atoms with van der Waals surface area (Å²) in [6.07, 6.45) is 7.79. The van der Waals surface area contributed by atoms with Crippen molar-refractivity contribution < 1.29 is 9.47 Å². The number of rotatable bonds is 8. The van der Waals surface area contributed by atoms with Gasteiger partial charge in [-0.25, -0.2) is 9.98 Å². The Morgan fingerprint density at radius 3 is 1.79 bits per heavy atom. The van der Waals surface area contributed by atoms with Crippen molar-refractivity contribution in [1.29, 1.82) is 0 Å². The molecule has 0 saturated carbocycles. The molecule has 0 aliphatic carbocycles. The van der Waals surface area contributed by atoms with E-state index in [1.165, 1.54) is 25.7 Å². The molecule has 2 aliphatic heterocycles. The van der Waals surface area contributed by atoms with Crippen LogP contribution in [-0.2, 0) is 9.47 Å². The molecule has 0 unspecified atom stereocenters. The van der Waals surface area contributed by atoms with E-state index in [-0.39, 0.29) is 0 Å². The van der Waals surface area contributed by atoms with E-state index in [1.807, 2.05) is 0 Å². The second-order valence-electron chi connectivity index (χ2n) is 5.44. The number of ether oxygens (including phenoxy) is 2. The highest BCUT2D eigenvalue weighted by atomic mass is 16.5. The molecule has 0 bridgehead atoms. The second kappa shape index (κ2) is 7.51. The molecule has 2 aliphatic rings. The minimum atomic E-state index is 0.354. The quantitative estimate of drug-likeness (QED) is 0.676. The van der Waals surface area contributed by atoms with Crippen molar-refractivity contribution in [3.05, 3.63) is 0 Å². The van der Waals surface area contributed by atoms with Crippen molar-refractivity contribution in [2.45, 2.75) is 70.9 Å². The van der Waals surface area contributed by atoms with Crippen LogP contribution in [-0.4, -0.2) is 37.1 Å². The summed E-state index contributed by atoms with van der Waals surface area (Å²) in [7, 11) is 0. The minimum Gasteiger partial charge on any atom is -0.478 e. The van der Waals surface area contributed by atoms with Gasteiger partial charge in [0.25, 0.3) is 0 Å². The van der Waals surface area contributed by atoms with Crippen molar-refractivity contribution in [2.24, 2.45) is 9.98 Å². The van der Waals surface area contributed by atoms with E-state index in [0.717, 1.165) is 37.9 Å². The third kappa shape index (κ3) is 4.51.